The zero-order valence-electron chi connectivity index (χ0n) is 20.1. The van der Waals surface area contributed by atoms with Gasteiger partial charge in [-0.05, 0) is 68.0 Å². The standard InChI is InChI=1S/C25H30Cl2N2O7S/c26-20-6-8-22(9-7-20)29(21-4-2-1-3-5-21)24(31)36-16-19-10-12-25(27,13-11-19)18-35-17-23(30)28-14-15-37(32,33)34/h1-9,19H,10-18H2,(H,28,30)(H,32,33,34). The molecule has 0 aromatic heterocycles. The van der Waals surface area contributed by atoms with Crippen LogP contribution in [0.15, 0.2) is 54.6 Å². The van der Waals surface area contributed by atoms with Gasteiger partial charge in [-0.2, -0.15) is 8.42 Å². The predicted molar refractivity (Wildman–Crippen MR) is 142 cm³/mol. The highest BCUT2D eigenvalue weighted by molar-refractivity contribution is 7.85. The van der Waals surface area contributed by atoms with Crippen molar-refractivity contribution in [2.45, 2.75) is 30.6 Å². The molecule has 0 heterocycles. The van der Waals surface area contributed by atoms with Gasteiger partial charge in [0.2, 0.25) is 5.91 Å². The van der Waals surface area contributed by atoms with Crippen LogP contribution in [0.4, 0.5) is 16.2 Å². The first-order chi connectivity index (χ1) is 17.5. The Morgan fingerprint density at radius 1 is 1.05 bits per heavy atom. The van der Waals surface area contributed by atoms with E-state index in [0.29, 0.717) is 29.2 Å². The molecule has 0 atom stereocenters. The van der Waals surface area contributed by atoms with Gasteiger partial charge in [0.15, 0.2) is 0 Å². The third-order valence-electron chi connectivity index (χ3n) is 6.00. The van der Waals surface area contributed by atoms with E-state index in [1.165, 1.54) is 4.90 Å². The minimum Gasteiger partial charge on any atom is -0.449 e. The lowest BCUT2D eigenvalue weighted by Crippen LogP contribution is -2.37. The predicted octanol–water partition coefficient (Wildman–Crippen LogP) is 4.80. The van der Waals surface area contributed by atoms with Gasteiger partial charge in [0, 0.05) is 11.6 Å². The van der Waals surface area contributed by atoms with E-state index in [9.17, 15) is 18.0 Å². The maximum Gasteiger partial charge on any atom is 0.418 e. The Kier molecular flexibility index (Phi) is 10.6. The van der Waals surface area contributed by atoms with Crippen LogP contribution in [0.25, 0.3) is 0 Å². The molecule has 37 heavy (non-hydrogen) atoms. The van der Waals surface area contributed by atoms with Gasteiger partial charge in [0.05, 0.1) is 35.2 Å². The molecule has 0 bridgehead atoms. The SMILES string of the molecule is O=C(COCC1(Cl)CCC(COC(=O)N(c2ccccc2)c2ccc(Cl)cc2)CC1)NCCS(=O)(=O)O. The number of nitrogens with one attached hydrogen (secondary N) is 1. The highest BCUT2D eigenvalue weighted by Crippen LogP contribution is 2.38. The molecule has 1 fully saturated rings. The number of para-hydroxylation sites is 1. The molecule has 2 N–H and O–H groups in total. The van der Waals surface area contributed by atoms with Crippen molar-refractivity contribution < 1.29 is 32.0 Å². The molecule has 9 nitrogen and oxygen atoms in total. The molecule has 1 aliphatic carbocycles. The van der Waals surface area contributed by atoms with Crippen molar-refractivity contribution in [3.63, 3.8) is 0 Å². The van der Waals surface area contributed by atoms with E-state index in [1.54, 1.807) is 24.3 Å². The summed E-state index contributed by atoms with van der Waals surface area (Å²) in [4.78, 5) is 25.7. The van der Waals surface area contributed by atoms with E-state index in [2.05, 4.69) is 5.32 Å². The average molecular weight is 573 g/mol. The number of halogens is 2. The maximum absolute atomic E-state index is 13.1. The molecule has 0 aliphatic heterocycles. The fourth-order valence-electron chi connectivity index (χ4n) is 3.98. The molecule has 202 valence electrons. The molecule has 0 saturated heterocycles. The lowest BCUT2D eigenvalue weighted by Gasteiger charge is -2.35. The van der Waals surface area contributed by atoms with Gasteiger partial charge < -0.3 is 14.8 Å². The molecule has 0 unspecified atom stereocenters. The van der Waals surface area contributed by atoms with E-state index < -0.39 is 32.7 Å². The molecular weight excluding hydrogens is 543 g/mol. The smallest absolute Gasteiger partial charge is 0.418 e. The number of carbonyl (C=O) groups is 2. The molecular formula is C25H30Cl2N2O7S. The van der Waals surface area contributed by atoms with Gasteiger partial charge in [-0.25, -0.2) is 9.69 Å². The maximum atomic E-state index is 13.1. The van der Waals surface area contributed by atoms with Crippen molar-refractivity contribution in [1.29, 1.82) is 0 Å². The lowest BCUT2D eigenvalue weighted by atomic mass is 9.82. The van der Waals surface area contributed by atoms with Crippen LogP contribution in [0, 0.1) is 5.92 Å². The van der Waals surface area contributed by atoms with E-state index in [-0.39, 0.29) is 32.3 Å². The van der Waals surface area contributed by atoms with E-state index in [0.717, 1.165) is 12.8 Å². The molecule has 2 aromatic carbocycles. The Morgan fingerprint density at radius 2 is 1.68 bits per heavy atom. The fourth-order valence-corrected chi connectivity index (χ4v) is 4.77. The first kappa shape index (κ1) is 29.2. The topological polar surface area (TPSA) is 122 Å². The summed E-state index contributed by atoms with van der Waals surface area (Å²) in [5.74, 6) is -0.914. The third-order valence-corrected chi connectivity index (χ3v) is 7.46. The zero-order chi connectivity index (χ0) is 26.9. The Bertz CT molecular complexity index is 1140. The van der Waals surface area contributed by atoms with Gasteiger partial charge in [-0.1, -0.05) is 29.8 Å². The summed E-state index contributed by atoms with van der Waals surface area (Å²) in [5.41, 5.74) is 1.32. The Hall–Kier alpha value is -2.37. The van der Waals surface area contributed by atoms with Crippen LogP contribution < -0.4 is 10.2 Å². The van der Waals surface area contributed by atoms with Crippen LogP contribution in [-0.4, -0.2) is 62.0 Å². The summed E-state index contributed by atoms with van der Waals surface area (Å²) < 4.78 is 41.2. The van der Waals surface area contributed by atoms with Crippen LogP contribution in [0.1, 0.15) is 25.7 Å². The third kappa shape index (κ3) is 9.79. The first-order valence-corrected chi connectivity index (χ1v) is 14.2. The number of benzene rings is 2. The van der Waals surface area contributed by atoms with Crippen molar-refractivity contribution in [2.75, 3.05) is 37.0 Å². The van der Waals surface area contributed by atoms with Crippen LogP contribution in [0.2, 0.25) is 5.02 Å². The monoisotopic (exact) mass is 572 g/mol. The van der Waals surface area contributed by atoms with E-state index in [1.807, 2.05) is 30.3 Å². The quantitative estimate of drug-likeness (QED) is 0.293. The first-order valence-electron chi connectivity index (χ1n) is 11.8. The van der Waals surface area contributed by atoms with Crippen molar-refractivity contribution in [1.82, 2.24) is 5.32 Å². The Balaban J connectivity index is 1.44. The number of anilines is 2. The zero-order valence-corrected chi connectivity index (χ0v) is 22.5. The van der Waals surface area contributed by atoms with E-state index >= 15 is 0 Å². The van der Waals surface area contributed by atoms with Crippen molar-refractivity contribution in [3.8, 4) is 0 Å². The molecule has 2 amide bonds. The largest absolute Gasteiger partial charge is 0.449 e. The number of amides is 2. The molecule has 2 aromatic rings. The summed E-state index contributed by atoms with van der Waals surface area (Å²) in [6.45, 7) is -0.0565. The normalized spacial score (nSPS) is 19.7. The number of hydrogen-bond acceptors (Lipinski definition) is 6. The summed E-state index contributed by atoms with van der Waals surface area (Å²) in [5, 5.41) is 2.92. The summed E-state index contributed by atoms with van der Waals surface area (Å²) in [7, 11) is -4.13. The van der Waals surface area contributed by atoms with Crippen LogP contribution in [-0.2, 0) is 24.4 Å². The average Bonchev–Trinajstić information content (AvgIpc) is 2.85. The second-order valence-electron chi connectivity index (χ2n) is 8.95. The fraction of sp³-hybridized carbons (Fsp3) is 0.440. The number of nitrogens with zero attached hydrogens (tertiary/aromatic N) is 1. The molecule has 12 heteroatoms. The second kappa shape index (κ2) is 13.4. The van der Waals surface area contributed by atoms with Crippen LogP contribution >= 0.6 is 23.2 Å². The number of rotatable bonds is 11. The van der Waals surface area contributed by atoms with Gasteiger partial charge in [-0.3, -0.25) is 9.35 Å². The van der Waals surface area contributed by atoms with E-state index in [4.69, 9.17) is 37.2 Å². The summed E-state index contributed by atoms with van der Waals surface area (Å²) in [6, 6.07) is 16.2. The lowest BCUT2D eigenvalue weighted by molar-refractivity contribution is -0.126. The highest BCUT2D eigenvalue weighted by Gasteiger charge is 2.34. The Labute approximate surface area is 226 Å². The van der Waals surface area contributed by atoms with Crippen LogP contribution in [0.3, 0.4) is 0 Å². The number of carbonyl (C=O) groups excluding carboxylic acids is 2. The molecule has 0 radical (unpaired) electrons. The number of hydrogen-bond donors (Lipinski definition) is 2. The summed E-state index contributed by atoms with van der Waals surface area (Å²) in [6.07, 6.45) is 2.22. The number of ether oxygens (including phenoxy) is 2. The minimum atomic E-state index is -4.13. The van der Waals surface area contributed by atoms with Crippen molar-refractivity contribution >= 4 is 56.7 Å². The molecule has 1 aliphatic rings. The van der Waals surface area contributed by atoms with Gasteiger partial charge in [0.25, 0.3) is 10.1 Å². The van der Waals surface area contributed by atoms with Gasteiger partial charge >= 0.3 is 6.09 Å². The highest BCUT2D eigenvalue weighted by atomic mass is 35.5. The minimum absolute atomic E-state index is 0.141. The van der Waals surface area contributed by atoms with Crippen molar-refractivity contribution in [2.24, 2.45) is 5.92 Å². The molecule has 0 spiro atoms. The summed E-state index contributed by atoms with van der Waals surface area (Å²) >= 11 is 12.7. The molecule has 3 rings (SSSR count). The Morgan fingerprint density at radius 3 is 2.30 bits per heavy atom. The molecule has 1 saturated carbocycles. The van der Waals surface area contributed by atoms with Crippen LogP contribution in [0.5, 0.6) is 0 Å². The second-order valence-corrected chi connectivity index (χ2v) is 11.8. The number of alkyl halides is 1. The van der Waals surface area contributed by atoms with Gasteiger partial charge in [-0.15, -0.1) is 11.6 Å². The van der Waals surface area contributed by atoms with Gasteiger partial charge in [0.1, 0.15) is 6.61 Å². The van der Waals surface area contributed by atoms with Crippen molar-refractivity contribution in [3.05, 3.63) is 59.6 Å².